The van der Waals surface area contributed by atoms with E-state index in [-0.39, 0.29) is 11.8 Å². The minimum absolute atomic E-state index is 0.0743. The molecule has 0 spiro atoms. The second kappa shape index (κ2) is 7.39. The molecule has 1 atom stereocenters. The van der Waals surface area contributed by atoms with Gasteiger partial charge in [0.15, 0.2) is 0 Å². The number of hydrogen-bond acceptors (Lipinski definition) is 4. The highest BCUT2D eigenvalue weighted by molar-refractivity contribution is 5.95. The van der Waals surface area contributed by atoms with E-state index in [0.717, 1.165) is 28.5 Å². The fourth-order valence-corrected chi connectivity index (χ4v) is 3.01. The SMILES string of the molecule is Cc1nn(C)c(C)c1C(C)C(=O)Nc1ccc(Nc2ccccc2)nc1. The van der Waals surface area contributed by atoms with Gasteiger partial charge in [0.25, 0.3) is 0 Å². The molecule has 3 rings (SSSR count). The number of carbonyl (C=O) groups is 1. The number of benzene rings is 1. The van der Waals surface area contributed by atoms with Crippen molar-refractivity contribution >= 4 is 23.1 Å². The van der Waals surface area contributed by atoms with Crippen LogP contribution >= 0.6 is 0 Å². The summed E-state index contributed by atoms with van der Waals surface area (Å²) in [6, 6.07) is 13.5. The lowest BCUT2D eigenvalue weighted by Crippen LogP contribution is -2.20. The number of anilines is 3. The Labute approximate surface area is 153 Å². The number of para-hydroxylation sites is 1. The molecule has 0 saturated carbocycles. The fourth-order valence-electron chi connectivity index (χ4n) is 3.01. The number of nitrogens with zero attached hydrogens (tertiary/aromatic N) is 3. The lowest BCUT2D eigenvalue weighted by molar-refractivity contribution is -0.117. The summed E-state index contributed by atoms with van der Waals surface area (Å²) >= 11 is 0. The van der Waals surface area contributed by atoms with Crippen LogP contribution < -0.4 is 10.6 Å². The van der Waals surface area contributed by atoms with Crippen LogP contribution in [-0.4, -0.2) is 20.7 Å². The number of rotatable bonds is 5. The molecule has 0 aliphatic heterocycles. The van der Waals surface area contributed by atoms with Crippen molar-refractivity contribution in [1.29, 1.82) is 0 Å². The Hall–Kier alpha value is -3.15. The number of carbonyl (C=O) groups excluding carboxylic acids is 1. The predicted octanol–water partition coefficient (Wildman–Crippen LogP) is 3.92. The monoisotopic (exact) mass is 349 g/mol. The lowest BCUT2D eigenvalue weighted by atomic mass is 9.98. The summed E-state index contributed by atoms with van der Waals surface area (Å²) < 4.78 is 1.81. The number of aromatic nitrogens is 3. The minimum atomic E-state index is -0.286. The van der Waals surface area contributed by atoms with Gasteiger partial charge in [-0.3, -0.25) is 9.48 Å². The van der Waals surface area contributed by atoms with Crippen molar-refractivity contribution in [1.82, 2.24) is 14.8 Å². The van der Waals surface area contributed by atoms with Gasteiger partial charge in [-0.2, -0.15) is 5.10 Å². The summed E-state index contributed by atoms with van der Waals surface area (Å²) in [7, 11) is 1.89. The highest BCUT2D eigenvalue weighted by Gasteiger charge is 2.22. The van der Waals surface area contributed by atoms with Gasteiger partial charge < -0.3 is 10.6 Å². The second-order valence-corrected chi connectivity index (χ2v) is 6.34. The van der Waals surface area contributed by atoms with Crippen LogP contribution in [0.25, 0.3) is 0 Å². The van der Waals surface area contributed by atoms with Gasteiger partial charge >= 0.3 is 0 Å². The van der Waals surface area contributed by atoms with Crippen LogP contribution in [-0.2, 0) is 11.8 Å². The van der Waals surface area contributed by atoms with Crippen molar-refractivity contribution in [2.45, 2.75) is 26.7 Å². The van der Waals surface area contributed by atoms with E-state index in [9.17, 15) is 4.79 Å². The molecule has 26 heavy (non-hydrogen) atoms. The molecular weight excluding hydrogens is 326 g/mol. The third-order valence-electron chi connectivity index (χ3n) is 4.47. The topological polar surface area (TPSA) is 71.8 Å². The van der Waals surface area contributed by atoms with Gasteiger partial charge in [0.1, 0.15) is 5.82 Å². The Morgan fingerprint density at radius 3 is 2.38 bits per heavy atom. The summed E-state index contributed by atoms with van der Waals surface area (Å²) in [6.45, 7) is 5.80. The highest BCUT2D eigenvalue weighted by atomic mass is 16.1. The smallest absolute Gasteiger partial charge is 0.231 e. The zero-order chi connectivity index (χ0) is 18.7. The van der Waals surface area contributed by atoms with Gasteiger partial charge in [0.2, 0.25) is 5.91 Å². The summed E-state index contributed by atoms with van der Waals surface area (Å²) in [5.74, 6) is 0.363. The maximum absolute atomic E-state index is 12.6. The summed E-state index contributed by atoms with van der Waals surface area (Å²) in [4.78, 5) is 17.0. The van der Waals surface area contributed by atoms with Crippen molar-refractivity contribution in [3.63, 3.8) is 0 Å². The zero-order valence-corrected chi connectivity index (χ0v) is 15.4. The molecule has 3 aromatic rings. The standard InChI is InChI=1S/C20H23N5O/c1-13(19-14(2)24-25(4)15(19)3)20(26)23-17-10-11-18(21-12-17)22-16-8-6-5-7-9-16/h5-13H,1-4H3,(H,21,22)(H,23,26). The van der Waals surface area contributed by atoms with Crippen LogP contribution in [0.5, 0.6) is 0 Å². The van der Waals surface area contributed by atoms with E-state index < -0.39 is 0 Å². The van der Waals surface area contributed by atoms with Crippen LogP contribution in [0.3, 0.4) is 0 Å². The summed E-state index contributed by atoms with van der Waals surface area (Å²) in [5, 5.41) is 10.5. The molecule has 0 saturated heterocycles. The average molecular weight is 349 g/mol. The van der Waals surface area contributed by atoms with Crippen LogP contribution in [0.1, 0.15) is 29.8 Å². The first-order valence-electron chi connectivity index (χ1n) is 8.55. The van der Waals surface area contributed by atoms with Gasteiger partial charge in [-0.1, -0.05) is 18.2 Å². The lowest BCUT2D eigenvalue weighted by Gasteiger charge is -2.13. The third kappa shape index (κ3) is 3.74. The first kappa shape index (κ1) is 17.7. The normalized spacial score (nSPS) is 11.8. The number of amides is 1. The number of pyridine rings is 1. The Balaban J connectivity index is 1.67. The number of hydrogen-bond donors (Lipinski definition) is 2. The van der Waals surface area contributed by atoms with Gasteiger partial charge in [-0.15, -0.1) is 0 Å². The number of aryl methyl sites for hydroxylation is 2. The van der Waals surface area contributed by atoms with E-state index in [4.69, 9.17) is 0 Å². The maximum atomic E-state index is 12.6. The van der Waals surface area contributed by atoms with E-state index in [2.05, 4.69) is 20.7 Å². The minimum Gasteiger partial charge on any atom is -0.340 e. The Morgan fingerprint density at radius 1 is 1.08 bits per heavy atom. The Morgan fingerprint density at radius 2 is 1.81 bits per heavy atom. The van der Waals surface area contributed by atoms with Crippen molar-refractivity contribution < 1.29 is 4.79 Å². The Kier molecular flexibility index (Phi) is 5.02. The molecule has 0 radical (unpaired) electrons. The van der Waals surface area contributed by atoms with Crippen LogP contribution in [0.2, 0.25) is 0 Å². The number of nitrogens with one attached hydrogen (secondary N) is 2. The molecular formula is C20H23N5O. The van der Waals surface area contributed by atoms with E-state index in [1.54, 1.807) is 10.9 Å². The molecule has 2 N–H and O–H groups in total. The zero-order valence-electron chi connectivity index (χ0n) is 15.4. The molecule has 1 amide bonds. The first-order chi connectivity index (χ1) is 12.5. The summed E-state index contributed by atoms with van der Waals surface area (Å²) in [5.41, 5.74) is 4.49. The van der Waals surface area contributed by atoms with Crippen molar-refractivity contribution in [2.75, 3.05) is 10.6 Å². The first-order valence-corrected chi connectivity index (χ1v) is 8.55. The largest absolute Gasteiger partial charge is 0.340 e. The van der Waals surface area contributed by atoms with E-state index in [1.165, 1.54) is 0 Å². The van der Waals surface area contributed by atoms with Gasteiger partial charge in [-0.25, -0.2) is 4.98 Å². The highest BCUT2D eigenvalue weighted by Crippen LogP contribution is 2.24. The maximum Gasteiger partial charge on any atom is 0.231 e. The predicted molar refractivity (Wildman–Crippen MR) is 104 cm³/mol. The molecule has 0 fully saturated rings. The molecule has 1 aromatic carbocycles. The van der Waals surface area contributed by atoms with E-state index in [1.807, 2.05) is 70.3 Å². The van der Waals surface area contributed by atoms with Crippen LogP contribution in [0.4, 0.5) is 17.2 Å². The van der Waals surface area contributed by atoms with Crippen molar-refractivity contribution in [2.24, 2.45) is 7.05 Å². The average Bonchev–Trinajstić information content (AvgIpc) is 2.89. The van der Waals surface area contributed by atoms with Gasteiger partial charge in [-0.05, 0) is 45.0 Å². The van der Waals surface area contributed by atoms with Crippen molar-refractivity contribution in [3.8, 4) is 0 Å². The van der Waals surface area contributed by atoms with Crippen LogP contribution in [0.15, 0.2) is 48.7 Å². The quantitative estimate of drug-likeness (QED) is 0.732. The van der Waals surface area contributed by atoms with Crippen LogP contribution in [0, 0.1) is 13.8 Å². The molecule has 0 aliphatic rings. The Bertz CT molecular complexity index is 900. The molecule has 0 aliphatic carbocycles. The molecule has 0 bridgehead atoms. The molecule has 6 nitrogen and oxygen atoms in total. The van der Waals surface area contributed by atoms with Gasteiger partial charge in [0.05, 0.1) is 23.5 Å². The fraction of sp³-hybridized carbons (Fsp3) is 0.250. The molecule has 134 valence electrons. The second-order valence-electron chi connectivity index (χ2n) is 6.34. The molecule has 1 unspecified atom stereocenters. The molecule has 2 heterocycles. The van der Waals surface area contributed by atoms with Gasteiger partial charge in [0, 0.05) is 24.0 Å². The summed E-state index contributed by atoms with van der Waals surface area (Å²) in [6.07, 6.45) is 1.65. The van der Waals surface area contributed by atoms with E-state index >= 15 is 0 Å². The van der Waals surface area contributed by atoms with E-state index in [0.29, 0.717) is 5.69 Å². The molecule has 2 aromatic heterocycles. The third-order valence-corrected chi connectivity index (χ3v) is 4.47. The molecule has 6 heteroatoms. The van der Waals surface area contributed by atoms with Crippen molar-refractivity contribution in [3.05, 3.63) is 65.6 Å².